The van der Waals surface area contributed by atoms with Crippen molar-refractivity contribution in [1.82, 2.24) is 15.0 Å². The SMILES string of the molecule is NCCCc1cn(-c2ccc(C3=NNC(=O)CC3)cc2)cn1. The van der Waals surface area contributed by atoms with Crippen molar-refractivity contribution < 1.29 is 4.79 Å². The minimum absolute atomic E-state index is 0.0243. The number of hydrazone groups is 1. The number of amides is 1. The molecule has 0 atom stereocenters. The van der Waals surface area contributed by atoms with E-state index < -0.39 is 0 Å². The summed E-state index contributed by atoms with van der Waals surface area (Å²) in [5.41, 5.74) is 12.1. The fourth-order valence-electron chi connectivity index (χ4n) is 2.43. The summed E-state index contributed by atoms with van der Waals surface area (Å²) in [6.07, 6.45) is 6.87. The molecule has 0 spiro atoms. The smallest absolute Gasteiger partial charge is 0.240 e. The van der Waals surface area contributed by atoms with E-state index in [2.05, 4.69) is 15.5 Å². The number of hydrogen-bond acceptors (Lipinski definition) is 4. The Morgan fingerprint density at radius 3 is 2.73 bits per heavy atom. The average Bonchev–Trinajstić information content (AvgIpc) is 3.03. The normalized spacial score (nSPS) is 14.6. The van der Waals surface area contributed by atoms with E-state index in [0.717, 1.165) is 35.5 Å². The molecule has 0 unspecified atom stereocenters. The number of nitrogens with zero attached hydrogens (tertiary/aromatic N) is 3. The molecule has 6 heteroatoms. The van der Waals surface area contributed by atoms with Crippen LogP contribution in [0.2, 0.25) is 0 Å². The van der Waals surface area contributed by atoms with Gasteiger partial charge in [-0.2, -0.15) is 5.10 Å². The molecule has 0 radical (unpaired) electrons. The predicted molar refractivity (Wildman–Crippen MR) is 84.9 cm³/mol. The summed E-state index contributed by atoms with van der Waals surface area (Å²) in [6.45, 7) is 0.681. The molecule has 3 N–H and O–H groups in total. The summed E-state index contributed by atoms with van der Waals surface area (Å²) < 4.78 is 2.00. The Morgan fingerprint density at radius 2 is 2.05 bits per heavy atom. The second-order valence-corrected chi connectivity index (χ2v) is 5.30. The van der Waals surface area contributed by atoms with Crippen LogP contribution >= 0.6 is 0 Å². The molecule has 1 aromatic heterocycles. The third kappa shape index (κ3) is 3.23. The Hall–Kier alpha value is -2.47. The number of carbonyl (C=O) groups excluding carboxylic acids is 1. The maximum atomic E-state index is 11.1. The van der Waals surface area contributed by atoms with E-state index in [1.807, 2.05) is 41.4 Å². The Bertz CT molecular complexity index is 687. The maximum absolute atomic E-state index is 11.1. The van der Waals surface area contributed by atoms with E-state index in [1.54, 1.807) is 0 Å². The molecule has 0 saturated carbocycles. The summed E-state index contributed by atoms with van der Waals surface area (Å²) in [4.78, 5) is 15.5. The van der Waals surface area contributed by atoms with Gasteiger partial charge in [-0.15, -0.1) is 0 Å². The highest BCUT2D eigenvalue weighted by Gasteiger charge is 2.13. The minimum Gasteiger partial charge on any atom is -0.330 e. The van der Waals surface area contributed by atoms with Crippen molar-refractivity contribution in [2.45, 2.75) is 25.7 Å². The van der Waals surface area contributed by atoms with Gasteiger partial charge in [0, 0.05) is 24.7 Å². The zero-order valence-corrected chi connectivity index (χ0v) is 12.3. The van der Waals surface area contributed by atoms with Gasteiger partial charge in [0.25, 0.3) is 0 Å². The Labute approximate surface area is 129 Å². The summed E-state index contributed by atoms with van der Waals surface area (Å²) in [6, 6.07) is 8.10. The van der Waals surface area contributed by atoms with Crippen LogP contribution in [0.5, 0.6) is 0 Å². The first kappa shape index (κ1) is 14.5. The lowest BCUT2D eigenvalue weighted by atomic mass is 10.0. The van der Waals surface area contributed by atoms with Crippen molar-refractivity contribution >= 4 is 11.6 Å². The van der Waals surface area contributed by atoms with Crippen LogP contribution in [0.25, 0.3) is 5.69 Å². The molecule has 114 valence electrons. The number of rotatable bonds is 5. The lowest BCUT2D eigenvalue weighted by Gasteiger charge is -2.12. The molecular weight excluding hydrogens is 278 g/mol. The van der Waals surface area contributed by atoms with Gasteiger partial charge in [0.15, 0.2) is 0 Å². The quantitative estimate of drug-likeness (QED) is 0.874. The molecule has 2 aromatic rings. The van der Waals surface area contributed by atoms with E-state index in [4.69, 9.17) is 5.73 Å². The molecule has 1 aliphatic rings. The molecule has 0 saturated heterocycles. The zero-order valence-electron chi connectivity index (χ0n) is 12.3. The lowest BCUT2D eigenvalue weighted by Crippen LogP contribution is -2.25. The van der Waals surface area contributed by atoms with Crippen LogP contribution in [0.3, 0.4) is 0 Å². The van der Waals surface area contributed by atoms with Crippen LogP contribution in [-0.2, 0) is 11.2 Å². The zero-order chi connectivity index (χ0) is 15.4. The van der Waals surface area contributed by atoms with Crippen LogP contribution in [0.15, 0.2) is 41.9 Å². The number of nitrogens with one attached hydrogen (secondary N) is 1. The molecule has 0 fully saturated rings. The van der Waals surface area contributed by atoms with Crippen molar-refractivity contribution in [2.24, 2.45) is 10.8 Å². The molecule has 1 aliphatic heterocycles. The summed E-state index contributed by atoms with van der Waals surface area (Å²) in [5.74, 6) is -0.0243. The second-order valence-electron chi connectivity index (χ2n) is 5.30. The Balaban J connectivity index is 1.74. The molecule has 0 aliphatic carbocycles. The van der Waals surface area contributed by atoms with Gasteiger partial charge in [0.05, 0.1) is 17.7 Å². The summed E-state index contributed by atoms with van der Waals surface area (Å²) in [7, 11) is 0. The number of nitrogens with two attached hydrogens (primary N) is 1. The second kappa shape index (κ2) is 6.53. The third-order valence-corrected chi connectivity index (χ3v) is 3.68. The van der Waals surface area contributed by atoms with Gasteiger partial charge >= 0.3 is 0 Å². The van der Waals surface area contributed by atoms with Crippen molar-refractivity contribution in [3.63, 3.8) is 0 Å². The highest BCUT2D eigenvalue weighted by molar-refractivity contribution is 6.04. The first-order valence-corrected chi connectivity index (χ1v) is 7.45. The monoisotopic (exact) mass is 297 g/mol. The van der Waals surface area contributed by atoms with Crippen LogP contribution in [0.4, 0.5) is 0 Å². The highest BCUT2D eigenvalue weighted by Crippen LogP contribution is 2.15. The molecule has 0 bridgehead atoms. The van der Waals surface area contributed by atoms with Crippen molar-refractivity contribution in [3.05, 3.63) is 48.0 Å². The maximum Gasteiger partial charge on any atom is 0.240 e. The molecule has 2 heterocycles. The van der Waals surface area contributed by atoms with E-state index >= 15 is 0 Å². The molecule has 3 rings (SSSR count). The first-order valence-electron chi connectivity index (χ1n) is 7.45. The van der Waals surface area contributed by atoms with E-state index in [0.29, 0.717) is 19.4 Å². The third-order valence-electron chi connectivity index (χ3n) is 3.68. The van der Waals surface area contributed by atoms with E-state index in [-0.39, 0.29) is 5.91 Å². The number of aryl methyl sites for hydroxylation is 1. The molecule has 1 amide bonds. The average molecular weight is 297 g/mol. The van der Waals surface area contributed by atoms with Crippen LogP contribution in [0.1, 0.15) is 30.5 Å². The predicted octanol–water partition coefficient (Wildman–Crippen LogP) is 1.38. The molecule has 22 heavy (non-hydrogen) atoms. The van der Waals surface area contributed by atoms with Crippen molar-refractivity contribution in [2.75, 3.05) is 6.54 Å². The number of imidazole rings is 1. The fourth-order valence-corrected chi connectivity index (χ4v) is 2.43. The van der Waals surface area contributed by atoms with Crippen LogP contribution in [0, 0.1) is 0 Å². The van der Waals surface area contributed by atoms with Gasteiger partial charge in [-0.05, 0) is 37.1 Å². The minimum atomic E-state index is -0.0243. The molecular formula is C16H19N5O. The van der Waals surface area contributed by atoms with Crippen molar-refractivity contribution in [3.8, 4) is 5.69 Å². The van der Waals surface area contributed by atoms with E-state index in [9.17, 15) is 4.79 Å². The van der Waals surface area contributed by atoms with Gasteiger partial charge in [-0.3, -0.25) is 4.79 Å². The molecule has 6 nitrogen and oxygen atoms in total. The van der Waals surface area contributed by atoms with Crippen molar-refractivity contribution in [1.29, 1.82) is 0 Å². The number of benzene rings is 1. The Kier molecular flexibility index (Phi) is 4.29. The van der Waals surface area contributed by atoms with Crippen LogP contribution < -0.4 is 11.2 Å². The lowest BCUT2D eigenvalue weighted by molar-refractivity contribution is -0.121. The number of aromatic nitrogens is 2. The van der Waals surface area contributed by atoms with Gasteiger partial charge in [0.1, 0.15) is 0 Å². The Morgan fingerprint density at radius 1 is 1.23 bits per heavy atom. The van der Waals surface area contributed by atoms with Crippen LogP contribution in [-0.4, -0.2) is 27.7 Å². The number of hydrogen-bond donors (Lipinski definition) is 2. The largest absolute Gasteiger partial charge is 0.330 e. The highest BCUT2D eigenvalue weighted by atomic mass is 16.2. The van der Waals surface area contributed by atoms with Gasteiger partial charge < -0.3 is 10.3 Å². The fraction of sp³-hybridized carbons (Fsp3) is 0.312. The van der Waals surface area contributed by atoms with E-state index in [1.165, 1.54) is 0 Å². The number of carbonyl (C=O) groups is 1. The first-order chi connectivity index (χ1) is 10.8. The summed E-state index contributed by atoms with van der Waals surface area (Å²) in [5, 5.41) is 4.11. The standard InChI is InChI=1S/C16H19N5O/c17-9-1-2-13-10-21(11-18-13)14-5-3-12(4-6-14)15-7-8-16(22)20-19-15/h3-6,10-11H,1-2,7-9,17H2,(H,20,22). The van der Waals surface area contributed by atoms with Gasteiger partial charge in [-0.1, -0.05) is 12.1 Å². The van der Waals surface area contributed by atoms with Gasteiger partial charge in [-0.25, -0.2) is 10.4 Å². The molecule has 1 aromatic carbocycles. The topological polar surface area (TPSA) is 85.3 Å². The van der Waals surface area contributed by atoms with Gasteiger partial charge in [0.2, 0.25) is 5.91 Å². The summed E-state index contributed by atoms with van der Waals surface area (Å²) >= 11 is 0.